The van der Waals surface area contributed by atoms with Gasteiger partial charge in [0.2, 0.25) is 6.79 Å². The van der Waals surface area contributed by atoms with Crippen LogP contribution in [0.25, 0.3) is 0 Å². The van der Waals surface area contributed by atoms with Crippen LogP contribution in [-0.4, -0.2) is 25.0 Å². The summed E-state index contributed by atoms with van der Waals surface area (Å²) >= 11 is 0. The number of fused-ring (bicyclic) bond motifs is 1. The zero-order valence-corrected chi connectivity index (χ0v) is 10.1. The predicted molar refractivity (Wildman–Crippen MR) is 62.3 cm³/mol. The molecule has 1 fully saturated rings. The number of hydrogen-bond donors (Lipinski definition) is 1. The smallest absolute Gasteiger partial charge is 0.304 e. The number of ether oxygens (including phenoxy) is 3. The summed E-state index contributed by atoms with van der Waals surface area (Å²) in [6, 6.07) is 3.60. The molecule has 0 aromatic heterocycles. The normalized spacial score (nSPS) is 18.5. The van der Waals surface area contributed by atoms with Crippen molar-refractivity contribution in [2.24, 2.45) is 0 Å². The Morgan fingerprint density at radius 2 is 2.22 bits per heavy atom. The summed E-state index contributed by atoms with van der Waals surface area (Å²) in [6.07, 6.45) is 1.79. The van der Waals surface area contributed by atoms with Crippen LogP contribution >= 0.6 is 0 Å². The standard InChI is InChI=1S/C13H14O5/c1-16-8-2-3-9-12(18-7-17-9)11(8)13(4-5-13)6-10(14)15/h2-3H,4-7H2,1H3,(H,14,15). The van der Waals surface area contributed by atoms with Gasteiger partial charge in [0.05, 0.1) is 13.5 Å². The molecule has 0 bridgehead atoms. The SMILES string of the molecule is COc1ccc2c(c1C1(CC(=O)O)CC1)OCO2. The van der Waals surface area contributed by atoms with E-state index in [0.29, 0.717) is 17.2 Å². The van der Waals surface area contributed by atoms with Gasteiger partial charge in [-0.3, -0.25) is 4.79 Å². The van der Waals surface area contributed by atoms with E-state index in [1.807, 2.05) is 6.07 Å². The van der Waals surface area contributed by atoms with Gasteiger partial charge in [-0.15, -0.1) is 0 Å². The van der Waals surface area contributed by atoms with E-state index >= 15 is 0 Å². The highest BCUT2D eigenvalue weighted by Crippen LogP contribution is 2.59. The molecule has 96 valence electrons. The molecule has 1 aromatic rings. The van der Waals surface area contributed by atoms with Gasteiger partial charge in [-0.2, -0.15) is 0 Å². The monoisotopic (exact) mass is 250 g/mol. The molecule has 1 heterocycles. The van der Waals surface area contributed by atoms with Gasteiger partial charge < -0.3 is 19.3 Å². The Kier molecular flexibility index (Phi) is 2.36. The molecule has 0 radical (unpaired) electrons. The molecule has 1 aliphatic carbocycles. The third-order valence-corrected chi connectivity index (χ3v) is 3.59. The number of carboxylic acid groups (broad SMARTS) is 1. The first-order valence-electron chi connectivity index (χ1n) is 5.85. The average Bonchev–Trinajstić information content (AvgIpc) is 2.93. The molecule has 0 saturated heterocycles. The van der Waals surface area contributed by atoms with Crippen molar-refractivity contribution in [3.63, 3.8) is 0 Å². The number of methoxy groups -OCH3 is 1. The molecule has 1 aromatic carbocycles. The van der Waals surface area contributed by atoms with Gasteiger partial charge in [0.1, 0.15) is 5.75 Å². The van der Waals surface area contributed by atoms with E-state index in [0.717, 1.165) is 18.4 Å². The van der Waals surface area contributed by atoms with Crippen LogP contribution in [0.2, 0.25) is 0 Å². The highest BCUT2D eigenvalue weighted by atomic mass is 16.7. The van der Waals surface area contributed by atoms with E-state index in [-0.39, 0.29) is 18.6 Å². The molecule has 3 rings (SSSR count). The maximum Gasteiger partial charge on any atom is 0.304 e. The van der Waals surface area contributed by atoms with Gasteiger partial charge in [-0.1, -0.05) is 0 Å². The van der Waals surface area contributed by atoms with Crippen molar-refractivity contribution in [3.05, 3.63) is 17.7 Å². The molecule has 0 unspecified atom stereocenters. The lowest BCUT2D eigenvalue weighted by molar-refractivity contribution is -0.137. The molecular weight excluding hydrogens is 236 g/mol. The zero-order chi connectivity index (χ0) is 12.8. The minimum absolute atomic E-state index is 0.100. The first kappa shape index (κ1) is 11.2. The van der Waals surface area contributed by atoms with Crippen molar-refractivity contribution in [1.29, 1.82) is 0 Å². The van der Waals surface area contributed by atoms with Gasteiger partial charge in [0.15, 0.2) is 11.5 Å². The van der Waals surface area contributed by atoms with Crippen LogP contribution in [0.1, 0.15) is 24.8 Å². The molecule has 2 aliphatic rings. The summed E-state index contributed by atoms with van der Waals surface area (Å²) in [5, 5.41) is 9.05. The summed E-state index contributed by atoms with van der Waals surface area (Å²) in [5.41, 5.74) is 0.498. The van der Waals surface area contributed by atoms with Crippen molar-refractivity contribution < 1.29 is 24.1 Å². The molecule has 0 amide bonds. The van der Waals surface area contributed by atoms with Gasteiger partial charge in [0, 0.05) is 11.0 Å². The van der Waals surface area contributed by atoms with Crippen LogP contribution in [0, 0.1) is 0 Å². The summed E-state index contributed by atoms with van der Waals surface area (Å²) in [4.78, 5) is 11.0. The van der Waals surface area contributed by atoms with E-state index < -0.39 is 5.97 Å². The lowest BCUT2D eigenvalue weighted by atomic mass is 9.90. The molecule has 0 atom stereocenters. The van der Waals surface area contributed by atoms with Crippen LogP contribution in [0.15, 0.2) is 12.1 Å². The van der Waals surface area contributed by atoms with Gasteiger partial charge in [-0.25, -0.2) is 0 Å². The Labute approximate surface area is 104 Å². The van der Waals surface area contributed by atoms with Crippen molar-refractivity contribution >= 4 is 5.97 Å². The van der Waals surface area contributed by atoms with Crippen LogP contribution in [0.5, 0.6) is 17.2 Å². The van der Waals surface area contributed by atoms with E-state index in [9.17, 15) is 4.79 Å². The predicted octanol–water partition coefficient (Wildman–Crippen LogP) is 1.93. The fourth-order valence-corrected chi connectivity index (χ4v) is 2.58. The molecule has 5 heteroatoms. The molecule has 1 N–H and O–H groups in total. The lowest BCUT2D eigenvalue weighted by Gasteiger charge is -2.18. The number of carbonyl (C=O) groups is 1. The first-order chi connectivity index (χ1) is 8.66. The molecule has 5 nitrogen and oxygen atoms in total. The highest BCUT2D eigenvalue weighted by Gasteiger charge is 2.50. The highest BCUT2D eigenvalue weighted by molar-refractivity contribution is 5.72. The number of rotatable bonds is 4. The maximum absolute atomic E-state index is 11.0. The molecule has 1 saturated carbocycles. The fraction of sp³-hybridized carbons (Fsp3) is 0.462. The Hall–Kier alpha value is -1.91. The van der Waals surface area contributed by atoms with Crippen LogP contribution in [-0.2, 0) is 10.2 Å². The minimum atomic E-state index is -0.800. The van der Waals surface area contributed by atoms with E-state index in [1.54, 1.807) is 13.2 Å². The summed E-state index contributed by atoms with van der Waals surface area (Å²) in [6.45, 7) is 0.179. The van der Waals surface area contributed by atoms with E-state index in [4.69, 9.17) is 19.3 Å². The summed E-state index contributed by atoms with van der Waals surface area (Å²) in [7, 11) is 1.58. The van der Waals surface area contributed by atoms with Gasteiger partial charge >= 0.3 is 5.97 Å². The van der Waals surface area contributed by atoms with Crippen molar-refractivity contribution in [2.75, 3.05) is 13.9 Å². The lowest BCUT2D eigenvalue weighted by Crippen LogP contribution is -2.15. The third-order valence-electron chi connectivity index (χ3n) is 3.59. The number of aliphatic carboxylic acids is 1. The second-order valence-electron chi connectivity index (χ2n) is 4.73. The Bertz CT molecular complexity index is 504. The van der Waals surface area contributed by atoms with E-state index in [1.165, 1.54) is 0 Å². The largest absolute Gasteiger partial charge is 0.496 e. The van der Waals surface area contributed by atoms with E-state index in [2.05, 4.69) is 0 Å². The number of benzene rings is 1. The molecule has 1 aliphatic heterocycles. The maximum atomic E-state index is 11.0. The van der Waals surface area contributed by atoms with Crippen molar-refractivity contribution in [2.45, 2.75) is 24.7 Å². The van der Waals surface area contributed by atoms with Gasteiger partial charge in [0.25, 0.3) is 0 Å². The number of hydrogen-bond acceptors (Lipinski definition) is 4. The summed E-state index contributed by atoms with van der Waals surface area (Å²) in [5.74, 6) is 1.19. The zero-order valence-electron chi connectivity index (χ0n) is 10.1. The minimum Gasteiger partial charge on any atom is -0.496 e. The van der Waals surface area contributed by atoms with Crippen LogP contribution < -0.4 is 14.2 Å². The third kappa shape index (κ3) is 1.58. The second-order valence-corrected chi connectivity index (χ2v) is 4.73. The molecule has 0 spiro atoms. The summed E-state index contributed by atoms with van der Waals surface area (Å²) < 4.78 is 16.2. The topological polar surface area (TPSA) is 65.0 Å². The van der Waals surface area contributed by atoms with Crippen LogP contribution in [0.4, 0.5) is 0 Å². The van der Waals surface area contributed by atoms with Crippen molar-refractivity contribution in [3.8, 4) is 17.2 Å². The van der Waals surface area contributed by atoms with Gasteiger partial charge in [-0.05, 0) is 25.0 Å². The Balaban J connectivity index is 2.10. The Morgan fingerprint density at radius 3 is 2.83 bits per heavy atom. The quantitative estimate of drug-likeness (QED) is 0.884. The number of carboxylic acids is 1. The Morgan fingerprint density at radius 1 is 1.44 bits per heavy atom. The second kappa shape index (κ2) is 3.80. The molecular formula is C13H14O5. The van der Waals surface area contributed by atoms with Crippen LogP contribution in [0.3, 0.4) is 0 Å². The molecule has 18 heavy (non-hydrogen) atoms. The average molecular weight is 250 g/mol. The first-order valence-corrected chi connectivity index (χ1v) is 5.85. The fourth-order valence-electron chi connectivity index (χ4n) is 2.58. The van der Waals surface area contributed by atoms with Crippen molar-refractivity contribution in [1.82, 2.24) is 0 Å².